The fourth-order valence-corrected chi connectivity index (χ4v) is 3.43. The number of aromatic nitrogens is 1. The van der Waals surface area contributed by atoms with Crippen LogP contribution in [0.3, 0.4) is 0 Å². The summed E-state index contributed by atoms with van der Waals surface area (Å²) in [6, 6.07) is 4.15. The van der Waals surface area contributed by atoms with Crippen LogP contribution in [-0.2, 0) is 5.54 Å². The van der Waals surface area contributed by atoms with Gasteiger partial charge in [0.15, 0.2) is 0 Å². The van der Waals surface area contributed by atoms with Crippen molar-refractivity contribution in [3.8, 4) is 10.6 Å². The largest absolute Gasteiger partial charge is 0.319 e. The van der Waals surface area contributed by atoms with Crippen LogP contribution in [0.2, 0.25) is 0 Å². The van der Waals surface area contributed by atoms with Gasteiger partial charge in [-0.1, -0.05) is 19.9 Å². The van der Waals surface area contributed by atoms with Crippen molar-refractivity contribution in [3.05, 3.63) is 27.9 Å². The predicted octanol–water partition coefficient (Wildman–Crippen LogP) is 3.85. The van der Waals surface area contributed by atoms with Crippen LogP contribution in [0.25, 0.3) is 10.6 Å². The van der Waals surface area contributed by atoms with E-state index in [1.165, 1.54) is 4.88 Å². The van der Waals surface area contributed by atoms with Crippen molar-refractivity contribution in [2.45, 2.75) is 32.2 Å². The van der Waals surface area contributed by atoms with Crippen LogP contribution < -0.4 is 5.73 Å². The summed E-state index contributed by atoms with van der Waals surface area (Å²) in [4.78, 5) is 5.89. The molecule has 0 aliphatic heterocycles. The number of thiazole rings is 1. The Morgan fingerprint density at radius 1 is 1.31 bits per heavy atom. The highest BCUT2D eigenvalue weighted by Gasteiger charge is 2.26. The van der Waals surface area contributed by atoms with Crippen molar-refractivity contribution < 1.29 is 0 Å². The Morgan fingerprint density at radius 3 is 2.62 bits per heavy atom. The molecule has 16 heavy (non-hydrogen) atoms. The fraction of sp³-hybridized carbons (Fsp3) is 0.417. The van der Waals surface area contributed by atoms with Gasteiger partial charge < -0.3 is 5.73 Å². The lowest BCUT2D eigenvalue weighted by Crippen LogP contribution is -2.34. The third-order valence-electron chi connectivity index (χ3n) is 2.97. The molecule has 0 radical (unpaired) electrons. The highest BCUT2D eigenvalue weighted by atomic mass is 32.1. The van der Waals surface area contributed by atoms with E-state index in [0.717, 1.165) is 23.5 Å². The molecule has 2 N–H and O–H groups in total. The molecule has 2 rings (SSSR count). The highest BCUT2D eigenvalue weighted by Crippen LogP contribution is 2.33. The van der Waals surface area contributed by atoms with Crippen molar-refractivity contribution in [2.75, 3.05) is 0 Å². The molecule has 2 aromatic rings. The minimum Gasteiger partial charge on any atom is -0.319 e. The van der Waals surface area contributed by atoms with E-state index in [-0.39, 0.29) is 5.54 Å². The van der Waals surface area contributed by atoms with Gasteiger partial charge in [-0.05, 0) is 24.3 Å². The van der Waals surface area contributed by atoms with Crippen molar-refractivity contribution in [2.24, 2.45) is 5.73 Å². The number of hydrogen-bond donors (Lipinski definition) is 1. The Morgan fingerprint density at radius 2 is 2.06 bits per heavy atom. The molecule has 2 aromatic heterocycles. The molecule has 4 heteroatoms. The molecule has 0 amide bonds. The van der Waals surface area contributed by atoms with Crippen molar-refractivity contribution in [3.63, 3.8) is 0 Å². The van der Waals surface area contributed by atoms with E-state index < -0.39 is 0 Å². The van der Waals surface area contributed by atoms with Crippen molar-refractivity contribution in [1.82, 2.24) is 4.98 Å². The normalized spacial score (nSPS) is 11.9. The first kappa shape index (κ1) is 11.8. The Labute approximate surface area is 104 Å². The van der Waals surface area contributed by atoms with Crippen LogP contribution in [0.4, 0.5) is 0 Å². The molecule has 0 aliphatic rings. The zero-order valence-electron chi connectivity index (χ0n) is 9.56. The van der Waals surface area contributed by atoms with Crippen LogP contribution in [0, 0.1) is 0 Å². The summed E-state index contributed by atoms with van der Waals surface area (Å²) in [6.45, 7) is 4.24. The second-order valence-corrected chi connectivity index (χ2v) is 5.68. The molecule has 0 fully saturated rings. The van der Waals surface area contributed by atoms with Gasteiger partial charge in [-0.15, -0.1) is 22.7 Å². The van der Waals surface area contributed by atoms with E-state index in [1.54, 1.807) is 22.7 Å². The molecular weight excluding hydrogens is 236 g/mol. The average molecular weight is 252 g/mol. The van der Waals surface area contributed by atoms with Gasteiger partial charge in [0.1, 0.15) is 5.01 Å². The first-order chi connectivity index (χ1) is 7.69. The first-order valence-electron chi connectivity index (χ1n) is 5.48. The molecule has 0 atom stereocenters. The lowest BCUT2D eigenvalue weighted by atomic mass is 9.95. The van der Waals surface area contributed by atoms with E-state index in [1.807, 2.05) is 6.07 Å². The topological polar surface area (TPSA) is 38.9 Å². The predicted molar refractivity (Wildman–Crippen MR) is 71.9 cm³/mol. The second-order valence-electron chi connectivity index (χ2n) is 3.88. The molecule has 0 saturated heterocycles. The van der Waals surface area contributed by atoms with Gasteiger partial charge in [-0.2, -0.15) is 0 Å². The summed E-state index contributed by atoms with van der Waals surface area (Å²) in [6.07, 6.45) is 1.86. The summed E-state index contributed by atoms with van der Waals surface area (Å²) in [7, 11) is 0. The molecule has 2 nitrogen and oxygen atoms in total. The fourth-order valence-electron chi connectivity index (χ4n) is 1.59. The van der Waals surface area contributed by atoms with Gasteiger partial charge in [0, 0.05) is 5.38 Å². The minimum atomic E-state index is -0.250. The molecule has 0 saturated carbocycles. The third-order valence-corrected chi connectivity index (χ3v) is 4.92. The van der Waals surface area contributed by atoms with E-state index in [4.69, 9.17) is 5.73 Å². The lowest BCUT2D eigenvalue weighted by molar-refractivity contribution is 0.411. The Bertz CT molecular complexity index is 441. The monoisotopic (exact) mass is 252 g/mol. The van der Waals surface area contributed by atoms with Crippen LogP contribution in [0.15, 0.2) is 22.9 Å². The summed E-state index contributed by atoms with van der Waals surface area (Å²) in [5.74, 6) is 0. The van der Waals surface area contributed by atoms with Gasteiger partial charge in [-0.25, -0.2) is 4.98 Å². The molecule has 0 spiro atoms. The molecule has 0 unspecified atom stereocenters. The van der Waals surface area contributed by atoms with E-state index in [2.05, 4.69) is 35.7 Å². The minimum absolute atomic E-state index is 0.250. The summed E-state index contributed by atoms with van der Waals surface area (Å²) in [5, 5.41) is 5.23. The maximum atomic E-state index is 6.34. The number of thiophene rings is 1. The van der Waals surface area contributed by atoms with Crippen LogP contribution in [0.1, 0.15) is 31.7 Å². The molecular formula is C12H16N2S2. The second kappa shape index (κ2) is 4.65. The smallest absolute Gasteiger partial charge is 0.113 e. The van der Waals surface area contributed by atoms with Crippen LogP contribution in [-0.4, -0.2) is 4.98 Å². The maximum absolute atomic E-state index is 6.34. The van der Waals surface area contributed by atoms with E-state index >= 15 is 0 Å². The SMILES string of the molecule is CCC(N)(CC)c1nc(-c2cccs2)cs1. The Kier molecular flexibility index (Phi) is 3.42. The summed E-state index contributed by atoms with van der Waals surface area (Å²) in [5.41, 5.74) is 7.15. The van der Waals surface area contributed by atoms with Gasteiger partial charge in [-0.3, -0.25) is 0 Å². The summed E-state index contributed by atoms with van der Waals surface area (Å²) >= 11 is 3.39. The van der Waals surface area contributed by atoms with Crippen LogP contribution >= 0.6 is 22.7 Å². The van der Waals surface area contributed by atoms with E-state index in [0.29, 0.717) is 0 Å². The average Bonchev–Trinajstić information content (AvgIpc) is 2.97. The van der Waals surface area contributed by atoms with Gasteiger partial charge >= 0.3 is 0 Å². The number of hydrogen-bond acceptors (Lipinski definition) is 4. The number of nitrogens with two attached hydrogens (primary N) is 1. The zero-order valence-corrected chi connectivity index (χ0v) is 11.2. The summed E-state index contributed by atoms with van der Waals surface area (Å²) < 4.78 is 0. The van der Waals surface area contributed by atoms with Gasteiger partial charge in [0.05, 0.1) is 16.1 Å². The molecule has 2 heterocycles. The third kappa shape index (κ3) is 2.05. The molecule has 0 aliphatic carbocycles. The highest BCUT2D eigenvalue weighted by molar-refractivity contribution is 7.14. The number of nitrogens with zero attached hydrogens (tertiary/aromatic N) is 1. The van der Waals surface area contributed by atoms with Crippen molar-refractivity contribution >= 4 is 22.7 Å². The van der Waals surface area contributed by atoms with Crippen molar-refractivity contribution in [1.29, 1.82) is 0 Å². The lowest BCUT2D eigenvalue weighted by Gasteiger charge is -2.23. The molecule has 86 valence electrons. The van der Waals surface area contributed by atoms with Gasteiger partial charge in [0.25, 0.3) is 0 Å². The maximum Gasteiger partial charge on any atom is 0.113 e. The molecule has 0 bridgehead atoms. The number of rotatable bonds is 4. The molecule has 0 aromatic carbocycles. The van der Waals surface area contributed by atoms with Crippen LogP contribution in [0.5, 0.6) is 0 Å². The first-order valence-corrected chi connectivity index (χ1v) is 7.24. The van der Waals surface area contributed by atoms with E-state index in [9.17, 15) is 0 Å². The zero-order chi connectivity index (χ0) is 11.6. The van der Waals surface area contributed by atoms with Gasteiger partial charge in [0.2, 0.25) is 0 Å². The Hall–Kier alpha value is -0.710. The Balaban J connectivity index is 2.33. The standard InChI is InChI=1S/C12H16N2S2/c1-3-12(13,4-2)11-14-9(8-16-11)10-6-5-7-15-10/h5-8H,3-4,13H2,1-2H3. The quantitative estimate of drug-likeness (QED) is 0.897.